The lowest BCUT2D eigenvalue weighted by Crippen LogP contribution is -2.15. The van der Waals surface area contributed by atoms with E-state index in [1.807, 2.05) is 0 Å². The van der Waals surface area contributed by atoms with Crippen molar-refractivity contribution in [3.8, 4) is 0 Å². The lowest BCUT2D eigenvalue weighted by atomic mass is 9.78. The van der Waals surface area contributed by atoms with Crippen LogP contribution in [0.1, 0.15) is 53.4 Å². The summed E-state index contributed by atoms with van der Waals surface area (Å²) in [5, 5.41) is 0. The summed E-state index contributed by atoms with van der Waals surface area (Å²) in [6, 6.07) is 0. The first-order valence-corrected chi connectivity index (χ1v) is 6.07. The molecule has 0 aromatic carbocycles. The van der Waals surface area contributed by atoms with Crippen LogP contribution in [0.4, 0.5) is 0 Å². The monoisotopic (exact) mass is 192 g/mol. The second-order valence-corrected chi connectivity index (χ2v) is 4.59. The number of hydrogen-bond donors (Lipinski definition) is 0. The first kappa shape index (κ1) is 11.6. The summed E-state index contributed by atoms with van der Waals surface area (Å²) in [7, 11) is 0. The molecule has 2 unspecified atom stereocenters. The van der Waals surface area contributed by atoms with Gasteiger partial charge in [0.15, 0.2) is 0 Å². The maximum absolute atomic E-state index is 2.44. The van der Waals surface area contributed by atoms with E-state index < -0.39 is 0 Å². The maximum atomic E-state index is 2.44. The van der Waals surface area contributed by atoms with Crippen molar-refractivity contribution in [2.45, 2.75) is 53.4 Å². The summed E-state index contributed by atoms with van der Waals surface area (Å²) < 4.78 is 0. The van der Waals surface area contributed by atoms with Crippen molar-refractivity contribution < 1.29 is 0 Å². The molecule has 0 heteroatoms. The lowest BCUT2D eigenvalue weighted by molar-refractivity contribution is 0.450. The van der Waals surface area contributed by atoms with Gasteiger partial charge in [0.25, 0.3) is 0 Å². The van der Waals surface area contributed by atoms with Crippen LogP contribution in [-0.2, 0) is 0 Å². The molecule has 0 saturated carbocycles. The molecule has 0 aromatic heterocycles. The standard InChI is InChI=1S/C14H24/c1-5-7-8-14-10-11(3)9-13(6-2)12(14)4/h9-10,12-13H,5-8H2,1-4H3. The molecule has 0 spiro atoms. The summed E-state index contributed by atoms with van der Waals surface area (Å²) in [4.78, 5) is 0. The quantitative estimate of drug-likeness (QED) is 0.604. The van der Waals surface area contributed by atoms with Crippen molar-refractivity contribution >= 4 is 0 Å². The molecular formula is C14H24. The molecule has 0 heterocycles. The van der Waals surface area contributed by atoms with Crippen LogP contribution < -0.4 is 0 Å². The second-order valence-electron chi connectivity index (χ2n) is 4.59. The molecule has 2 atom stereocenters. The van der Waals surface area contributed by atoms with Gasteiger partial charge in [0.2, 0.25) is 0 Å². The first-order valence-electron chi connectivity index (χ1n) is 6.07. The Morgan fingerprint density at radius 1 is 1.29 bits per heavy atom. The van der Waals surface area contributed by atoms with Crippen molar-refractivity contribution in [2.24, 2.45) is 11.8 Å². The summed E-state index contributed by atoms with van der Waals surface area (Å²) in [6.07, 6.45) is 10.1. The molecule has 0 amide bonds. The molecule has 1 aliphatic rings. The van der Waals surface area contributed by atoms with Crippen LogP contribution in [0.5, 0.6) is 0 Å². The van der Waals surface area contributed by atoms with Crippen molar-refractivity contribution in [1.29, 1.82) is 0 Å². The van der Waals surface area contributed by atoms with Crippen LogP contribution in [0.15, 0.2) is 23.3 Å². The Morgan fingerprint density at radius 2 is 2.00 bits per heavy atom. The molecular weight excluding hydrogens is 168 g/mol. The summed E-state index contributed by atoms with van der Waals surface area (Å²) in [5.41, 5.74) is 3.15. The van der Waals surface area contributed by atoms with Gasteiger partial charge < -0.3 is 0 Å². The summed E-state index contributed by atoms with van der Waals surface area (Å²) >= 11 is 0. The molecule has 0 bridgehead atoms. The van der Waals surface area contributed by atoms with E-state index in [0.29, 0.717) is 0 Å². The third-order valence-electron chi connectivity index (χ3n) is 3.41. The van der Waals surface area contributed by atoms with Gasteiger partial charge in [-0.2, -0.15) is 0 Å². The highest BCUT2D eigenvalue weighted by Crippen LogP contribution is 2.33. The fourth-order valence-corrected chi connectivity index (χ4v) is 2.38. The van der Waals surface area contributed by atoms with E-state index in [0.717, 1.165) is 11.8 Å². The van der Waals surface area contributed by atoms with E-state index in [2.05, 4.69) is 39.8 Å². The summed E-state index contributed by atoms with van der Waals surface area (Å²) in [6.45, 7) is 9.20. The molecule has 0 fully saturated rings. The van der Waals surface area contributed by atoms with Crippen LogP contribution >= 0.6 is 0 Å². The number of unbranched alkanes of at least 4 members (excludes halogenated alkanes) is 1. The third-order valence-corrected chi connectivity index (χ3v) is 3.41. The first-order chi connectivity index (χ1) is 6.69. The van der Waals surface area contributed by atoms with Crippen molar-refractivity contribution in [2.75, 3.05) is 0 Å². The van der Waals surface area contributed by atoms with Gasteiger partial charge in [-0.05, 0) is 38.0 Å². The van der Waals surface area contributed by atoms with Gasteiger partial charge in [-0.25, -0.2) is 0 Å². The Labute approximate surface area is 89.1 Å². The molecule has 0 N–H and O–H groups in total. The fourth-order valence-electron chi connectivity index (χ4n) is 2.38. The van der Waals surface area contributed by atoms with Gasteiger partial charge in [-0.15, -0.1) is 0 Å². The smallest absolute Gasteiger partial charge is 0.0165 e. The van der Waals surface area contributed by atoms with Gasteiger partial charge in [-0.3, -0.25) is 0 Å². The van der Waals surface area contributed by atoms with Crippen LogP contribution in [0.3, 0.4) is 0 Å². The predicted molar refractivity (Wildman–Crippen MR) is 64.3 cm³/mol. The SMILES string of the molecule is CCCCC1=CC(C)=CC(CC)C1C. The Morgan fingerprint density at radius 3 is 2.57 bits per heavy atom. The number of allylic oxidation sites excluding steroid dienone is 4. The Kier molecular flexibility index (Phi) is 4.44. The van der Waals surface area contributed by atoms with Gasteiger partial charge in [-0.1, -0.05) is 50.5 Å². The average molecular weight is 192 g/mol. The third kappa shape index (κ3) is 2.73. The second kappa shape index (κ2) is 5.38. The number of rotatable bonds is 4. The van der Waals surface area contributed by atoms with Gasteiger partial charge in [0.05, 0.1) is 0 Å². The van der Waals surface area contributed by atoms with E-state index in [4.69, 9.17) is 0 Å². The minimum atomic E-state index is 0.773. The highest BCUT2D eigenvalue weighted by molar-refractivity contribution is 5.29. The van der Waals surface area contributed by atoms with Crippen LogP contribution in [0, 0.1) is 11.8 Å². The fraction of sp³-hybridized carbons (Fsp3) is 0.714. The number of hydrogen-bond acceptors (Lipinski definition) is 0. The highest BCUT2D eigenvalue weighted by atomic mass is 14.2. The Balaban J connectivity index is 2.68. The van der Waals surface area contributed by atoms with E-state index in [1.54, 1.807) is 5.57 Å². The predicted octanol–water partition coefficient (Wildman–Crippen LogP) is 4.73. The van der Waals surface area contributed by atoms with Gasteiger partial charge in [0.1, 0.15) is 0 Å². The molecule has 0 radical (unpaired) electrons. The van der Waals surface area contributed by atoms with Gasteiger partial charge in [0, 0.05) is 0 Å². The summed E-state index contributed by atoms with van der Waals surface area (Å²) in [5.74, 6) is 1.56. The minimum Gasteiger partial charge on any atom is -0.0779 e. The molecule has 0 aromatic rings. The van der Waals surface area contributed by atoms with Crippen molar-refractivity contribution in [3.63, 3.8) is 0 Å². The zero-order chi connectivity index (χ0) is 10.6. The average Bonchev–Trinajstić information content (AvgIpc) is 2.18. The molecule has 0 nitrogen and oxygen atoms in total. The van der Waals surface area contributed by atoms with E-state index >= 15 is 0 Å². The topological polar surface area (TPSA) is 0 Å². The zero-order valence-corrected chi connectivity index (χ0v) is 10.1. The normalized spacial score (nSPS) is 27.1. The van der Waals surface area contributed by atoms with Gasteiger partial charge >= 0.3 is 0 Å². The molecule has 1 rings (SSSR count). The zero-order valence-electron chi connectivity index (χ0n) is 10.1. The molecule has 1 aliphatic carbocycles. The Hall–Kier alpha value is -0.520. The van der Waals surface area contributed by atoms with Crippen LogP contribution in [-0.4, -0.2) is 0 Å². The van der Waals surface area contributed by atoms with Crippen LogP contribution in [0.2, 0.25) is 0 Å². The van der Waals surface area contributed by atoms with E-state index in [-0.39, 0.29) is 0 Å². The largest absolute Gasteiger partial charge is 0.0779 e. The molecule has 80 valence electrons. The highest BCUT2D eigenvalue weighted by Gasteiger charge is 2.20. The molecule has 0 saturated heterocycles. The molecule has 14 heavy (non-hydrogen) atoms. The van der Waals surface area contributed by atoms with Crippen LogP contribution in [0.25, 0.3) is 0 Å². The maximum Gasteiger partial charge on any atom is -0.0165 e. The molecule has 0 aliphatic heterocycles. The Bertz CT molecular complexity index is 232. The lowest BCUT2D eigenvalue weighted by Gasteiger charge is -2.27. The van der Waals surface area contributed by atoms with E-state index in [9.17, 15) is 0 Å². The van der Waals surface area contributed by atoms with Crippen molar-refractivity contribution in [3.05, 3.63) is 23.3 Å². The minimum absolute atomic E-state index is 0.773. The van der Waals surface area contributed by atoms with E-state index in [1.165, 1.54) is 31.3 Å². The van der Waals surface area contributed by atoms with Crippen molar-refractivity contribution in [1.82, 2.24) is 0 Å².